The molecule has 0 spiro atoms. The van der Waals surface area contributed by atoms with Gasteiger partial charge >= 0.3 is 6.09 Å². The van der Waals surface area contributed by atoms with Crippen molar-refractivity contribution in [1.29, 1.82) is 0 Å². The maximum absolute atomic E-state index is 13.4. The average molecular weight is 631 g/mol. The van der Waals surface area contributed by atoms with Gasteiger partial charge in [-0.05, 0) is 87.7 Å². The molecule has 4 rings (SSSR count). The van der Waals surface area contributed by atoms with Crippen molar-refractivity contribution < 1.29 is 22.7 Å². The Labute approximate surface area is 261 Å². The van der Waals surface area contributed by atoms with Gasteiger partial charge in [0, 0.05) is 36.4 Å². The Hall–Kier alpha value is -2.92. The molecule has 1 atom stereocenters. The molecule has 2 aromatic carbocycles. The molecule has 1 aliphatic carbocycles. The van der Waals surface area contributed by atoms with Crippen LogP contribution in [0.15, 0.2) is 47.4 Å². The summed E-state index contributed by atoms with van der Waals surface area (Å²) in [6.07, 6.45) is 9.42. The number of benzene rings is 2. The maximum atomic E-state index is 13.4. The largest absolute Gasteiger partial charge is 0.444 e. The molecule has 43 heavy (non-hydrogen) atoms. The second-order valence-electron chi connectivity index (χ2n) is 12.6. The predicted octanol–water partition coefficient (Wildman–Crippen LogP) is 6.50. The molecule has 0 radical (unpaired) electrons. The first-order valence-corrected chi connectivity index (χ1v) is 18.0. The average Bonchev–Trinajstić information content (AvgIpc) is 3.64. The molecule has 2 fully saturated rings. The Balaban J connectivity index is 1.38. The maximum Gasteiger partial charge on any atom is 0.407 e. The number of carbonyl (C=O) groups is 2. The number of carbonyl (C=O) groups excluding carboxylic acids is 2. The predicted molar refractivity (Wildman–Crippen MR) is 176 cm³/mol. The molecule has 0 bridgehead atoms. The van der Waals surface area contributed by atoms with Crippen LogP contribution in [0.1, 0.15) is 76.1 Å². The first-order valence-electron chi connectivity index (χ1n) is 15.1. The van der Waals surface area contributed by atoms with E-state index < -0.39 is 21.7 Å². The minimum Gasteiger partial charge on any atom is -0.444 e. The van der Waals surface area contributed by atoms with Gasteiger partial charge in [0.1, 0.15) is 5.60 Å². The normalized spacial score (nSPS) is 17.0. The summed E-state index contributed by atoms with van der Waals surface area (Å²) in [5, 5.41) is 5.83. The van der Waals surface area contributed by atoms with Crippen LogP contribution >= 0.6 is 11.8 Å². The van der Waals surface area contributed by atoms with Crippen LogP contribution in [0, 0.1) is 5.92 Å². The third-order valence-corrected chi connectivity index (χ3v) is 9.96. The molecule has 0 aromatic heterocycles. The Morgan fingerprint density at radius 1 is 1.05 bits per heavy atom. The standard InChI is InChI=1S/C32H46N4O5S2/c1-32(2,3)41-31(38)34-25-18-19-36(22-25)26-14-17-28(29(21-26)35(4)43(5,39)40)30(37)33-24-12-15-27(16-13-24)42-20-8-6-7-9-23-10-11-23/h12-17,21,23,25H,6-11,18-20,22H2,1-5H3,(H,33,37)(H,34,38)/t25-/m1/s1. The van der Waals surface area contributed by atoms with Crippen LogP contribution < -0.4 is 19.8 Å². The van der Waals surface area contributed by atoms with E-state index in [-0.39, 0.29) is 23.2 Å². The van der Waals surface area contributed by atoms with Crippen LogP contribution in [0.3, 0.4) is 0 Å². The van der Waals surface area contributed by atoms with E-state index in [2.05, 4.69) is 15.5 Å². The van der Waals surface area contributed by atoms with E-state index >= 15 is 0 Å². The fourth-order valence-corrected chi connectivity index (χ4v) is 6.50. The zero-order chi connectivity index (χ0) is 31.2. The molecule has 2 aliphatic rings. The van der Waals surface area contributed by atoms with Crippen molar-refractivity contribution in [3.05, 3.63) is 48.0 Å². The lowest BCUT2D eigenvalue weighted by Gasteiger charge is -2.25. The van der Waals surface area contributed by atoms with E-state index in [1.807, 2.05) is 62.9 Å². The smallest absolute Gasteiger partial charge is 0.407 e. The summed E-state index contributed by atoms with van der Waals surface area (Å²) in [6, 6.07) is 12.8. The number of rotatable bonds is 13. The van der Waals surface area contributed by atoms with Gasteiger partial charge in [0.2, 0.25) is 10.0 Å². The Bertz CT molecular complexity index is 1370. The highest BCUT2D eigenvalue weighted by atomic mass is 32.2. The Kier molecular flexibility index (Phi) is 10.9. The molecule has 2 amide bonds. The van der Waals surface area contributed by atoms with Gasteiger partial charge in [0.25, 0.3) is 5.91 Å². The van der Waals surface area contributed by atoms with Crippen LogP contribution in [-0.4, -0.2) is 64.2 Å². The fourth-order valence-electron chi connectivity index (χ4n) is 5.08. The van der Waals surface area contributed by atoms with Crippen LogP contribution in [-0.2, 0) is 14.8 Å². The summed E-state index contributed by atoms with van der Waals surface area (Å²) in [7, 11) is -2.19. The molecule has 9 nitrogen and oxygen atoms in total. The lowest BCUT2D eigenvalue weighted by atomic mass is 10.1. The van der Waals surface area contributed by atoms with E-state index in [4.69, 9.17) is 4.74 Å². The van der Waals surface area contributed by atoms with Crippen LogP contribution in [0.4, 0.5) is 21.9 Å². The highest BCUT2D eigenvalue weighted by Gasteiger charge is 2.28. The molecule has 0 unspecified atom stereocenters. The number of hydrogen-bond donors (Lipinski definition) is 2. The molecule has 2 N–H and O–H groups in total. The first kappa shape index (κ1) is 33.0. The van der Waals surface area contributed by atoms with Crippen LogP contribution in [0.5, 0.6) is 0 Å². The van der Waals surface area contributed by atoms with Crippen molar-refractivity contribution in [2.75, 3.05) is 46.7 Å². The van der Waals surface area contributed by atoms with Gasteiger partial charge in [-0.15, -0.1) is 11.8 Å². The summed E-state index contributed by atoms with van der Waals surface area (Å²) in [5.41, 5.74) is 1.37. The van der Waals surface area contributed by atoms with E-state index in [0.29, 0.717) is 25.2 Å². The number of sulfonamides is 1. The molecule has 1 saturated carbocycles. The molecular formula is C32H46N4O5S2. The highest BCUT2D eigenvalue weighted by Crippen LogP contribution is 2.34. The second kappa shape index (κ2) is 14.2. The molecular weight excluding hydrogens is 585 g/mol. The number of unbranched alkanes of at least 4 members (excludes halogenated alkanes) is 2. The lowest BCUT2D eigenvalue weighted by Crippen LogP contribution is -2.40. The molecule has 11 heteroatoms. The Morgan fingerprint density at radius 3 is 2.42 bits per heavy atom. The first-order chi connectivity index (χ1) is 20.3. The van der Waals surface area contributed by atoms with Gasteiger partial charge in [-0.25, -0.2) is 13.2 Å². The van der Waals surface area contributed by atoms with E-state index in [1.165, 1.54) is 45.6 Å². The summed E-state index contributed by atoms with van der Waals surface area (Å²) in [4.78, 5) is 28.8. The van der Waals surface area contributed by atoms with Gasteiger partial charge in [-0.2, -0.15) is 0 Å². The molecule has 236 valence electrons. The highest BCUT2D eigenvalue weighted by molar-refractivity contribution is 7.99. The molecule has 1 heterocycles. The summed E-state index contributed by atoms with van der Waals surface area (Å²) >= 11 is 1.83. The minimum atomic E-state index is -3.63. The van der Waals surface area contributed by atoms with Crippen molar-refractivity contribution in [2.45, 2.75) is 82.3 Å². The Morgan fingerprint density at radius 2 is 1.77 bits per heavy atom. The van der Waals surface area contributed by atoms with Crippen molar-refractivity contribution in [1.82, 2.24) is 5.32 Å². The number of amides is 2. The number of nitrogens with one attached hydrogen (secondary N) is 2. The number of alkyl carbamates (subject to hydrolysis) is 1. The molecule has 2 aromatic rings. The van der Waals surface area contributed by atoms with E-state index in [9.17, 15) is 18.0 Å². The van der Waals surface area contributed by atoms with E-state index in [0.717, 1.165) is 32.8 Å². The van der Waals surface area contributed by atoms with Gasteiger partial charge in [0.15, 0.2) is 0 Å². The quantitative estimate of drug-likeness (QED) is 0.192. The number of anilines is 3. The lowest BCUT2D eigenvalue weighted by molar-refractivity contribution is 0.0508. The number of hydrogen-bond acceptors (Lipinski definition) is 7. The van der Waals surface area contributed by atoms with Crippen LogP contribution in [0.25, 0.3) is 0 Å². The number of ether oxygens (including phenoxy) is 1. The SMILES string of the molecule is CN(c1cc(N2CC[C@@H](NC(=O)OC(C)(C)C)C2)ccc1C(=O)Nc1ccc(SCCCCCC2CC2)cc1)S(C)(=O)=O. The zero-order valence-electron chi connectivity index (χ0n) is 26.0. The van der Waals surface area contributed by atoms with Crippen molar-refractivity contribution in [3.63, 3.8) is 0 Å². The zero-order valence-corrected chi connectivity index (χ0v) is 27.7. The fraction of sp³-hybridized carbons (Fsp3) is 0.562. The topological polar surface area (TPSA) is 108 Å². The number of nitrogens with zero attached hydrogens (tertiary/aromatic N) is 2. The molecule has 1 aliphatic heterocycles. The second-order valence-corrected chi connectivity index (χ2v) is 15.8. The van der Waals surface area contributed by atoms with Crippen molar-refractivity contribution >= 4 is 50.8 Å². The summed E-state index contributed by atoms with van der Waals surface area (Å²) < 4.78 is 31.5. The minimum absolute atomic E-state index is 0.109. The third-order valence-electron chi connectivity index (χ3n) is 7.67. The van der Waals surface area contributed by atoms with E-state index in [1.54, 1.807) is 12.1 Å². The van der Waals surface area contributed by atoms with Crippen molar-refractivity contribution in [3.8, 4) is 0 Å². The number of thioether (sulfide) groups is 1. The van der Waals surface area contributed by atoms with Gasteiger partial charge in [0.05, 0.1) is 23.5 Å². The molecule has 1 saturated heterocycles. The summed E-state index contributed by atoms with van der Waals surface area (Å²) in [5.74, 6) is 1.70. The monoisotopic (exact) mass is 630 g/mol. The summed E-state index contributed by atoms with van der Waals surface area (Å²) in [6.45, 7) is 6.66. The third kappa shape index (κ3) is 10.3. The van der Waals surface area contributed by atoms with Gasteiger partial charge in [-0.3, -0.25) is 9.10 Å². The van der Waals surface area contributed by atoms with Gasteiger partial charge in [-0.1, -0.05) is 32.1 Å². The van der Waals surface area contributed by atoms with Crippen molar-refractivity contribution in [2.24, 2.45) is 5.92 Å². The van der Waals surface area contributed by atoms with Crippen LogP contribution in [0.2, 0.25) is 0 Å². The van der Waals surface area contributed by atoms with Gasteiger partial charge < -0.3 is 20.3 Å².